The average molecular weight is 426 g/mol. The molecule has 8 heteroatoms. The van der Waals surface area contributed by atoms with Crippen LogP contribution in [0.3, 0.4) is 0 Å². The summed E-state index contributed by atoms with van der Waals surface area (Å²) >= 11 is 0. The van der Waals surface area contributed by atoms with E-state index in [-0.39, 0.29) is 24.3 Å². The van der Waals surface area contributed by atoms with Gasteiger partial charge in [-0.1, -0.05) is 6.07 Å². The fourth-order valence-corrected chi connectivity index (χ4v) is 4.22. The van der Waals surface area contributed by atoms with E-state index in [1.54, 1.807) is 23.2 Å². The quantitative estimate of drug-likeness (QED) is 0.628. The average Bonchev–Trinajstić information content (AvgIpc) is 3.50. The van der Waals surface area contributed by atoms with Gasteiger partial charge in [0.1, 0.15) is 5.82 Å². The molecule has 0 saturated heterocycles. The second kappa shape index (κ2) is 7.51. The van der Waals surface area contributed by atoms with Crippen LogP contribution in [0.4, 0.5) is 13.2 Å². The fraction of sp³-hybridized carbons (Fsp3) is 0.348. The van der Waals surface area contributed by atoms with Crippen LogP contribution >= 0.6 is 0 Å². The predicted octanol–water partition coefficient (Wildman–Crippen LogP) is 4.21. The van der Waals surface area contributed by atoms with Crippen LogP contribution in [0, 0.1) is 17.5 Å². The number of hydrogen-bond donors (Lipinski definition) is 0. The molecule has 0 bridgehead atoms. The van der Waals surface area contributed by atoms with E-state index in [1.807, 2.05) is 11.6 Å². The first-order valence-electron chi connectivity index (χ1n) is 10.3. The second-order valence-electron chi connectivity index (χ2n) is 8.35. The van der Waals surface area contributed by atoms with Crippen molar-refractivity contribution < 1.29 is 18.0 Å². The molecule has 1 saturated carbocycles. The number of pyridine rings is 1. The van der Waals surface area contributed by atoms with Crippen molar-refractivity contribution in [1.29, 1.82) is 0 Å². The van der Waals surface area contributed by atoms with Gasteiger partial charge >= 0.3 is 0 Å². The number of aromatic nitrogens is 3. The highest BCUT2D eigenvalue weighted by Gasteiger charge is 2.31. The fourth-order valence-electron chi connectivity index (χ4n) is 4.22. The van der Waals surface area contributed by atoms with E-state index in [1.165, 1.54) is 6.07 Å². The number of hydrogen-bond acceptors (Lipinski definition) is 3. The molecule has 1 aliphatic heterocycles. The first-order valence-corrected chi connectivity index (χ1v) is 10.3. The summed E-state index contributed by atoms with van der Waals surface area (Å²) in [6.45, 7) is 2.75. The third kappa shape index (κ3) is 3.71. The van der Waals surface area contributed by atoms with Gasteiger partial charge in [-0.3, -0.25) is 14.5 Å². The Hall–Kier alpha value is -3.16. The number of halogens is 3. The van der Waals surface area contributed by atoms with Gasteiger partial charge in [-0.2, -0.15) is 5.10 Å². The Bertz CT molecular complexity index is 1150. The van der Waals surface area contributed by atoms with Crippen LogP contribution in [0.15, 0.2) is 36.7 Å². The first kappa shape index (κ1) is 19.8. The molecule has 160 valence electrons. The van der Waals surface area contributed by atoms with Crippen LogP contribution in [0.1, 0.15) is 42.5 Å². The minimum Gasteiger partial charge on any atom is -0.332 e. The second-order valence-corrected chi connectivity index (χ2v) is 8.35. The van der Waals surface area contributed by atoms with Crippen molar-refractivity contribution in [3.05, 3.63) is 70.9 Å². The molecule has 3 heterocycles. The zero-order chi connectivity index (χ0) is 21.7. The summed E-state index contributed by atoms with van der Waals surface area (Å²) in [5, 5.41) is 4.40. The van der Waals surface area contributed by atoms with E-state index in [2.05, 4.69) is 10.1 Å². The zero-order valence-corrected chi connectivity index (χ0v) is 17.0. The van der Waals surface area contributed by atoms with Gasteiger partial charge in [0.2, 0.25) is 5.91 Å². The van der Waals surface area contributed by atoms with Gasteiger partial charge in [0.05, 0.1) is 43.3 Å². The lowest BCUT2D eigenvalue weighted by Crippen LogP contribution is -2.45. The number of benzene rings is 1. The highest BCUT2D eigenvalue weighted by molar-refractivity contribution is 5.79. The summed E-state index contributed by atoms with van der Waals surface area (Å²) in [4.78, 5) is 19.0. The maximum absolute atomic E-state index is 14.1. The third-order valence-corrected chi connectivity index (χ3v) is 6.05. The highest BCUT2D eigenvalue weighted by Crippen LogP contribution is 2.42. The number of fused-ring (bicyclic) bond motifs is 1. The molecule has 1 unspecified atom stereocenters. The summed E-state index contributed by atoms with van der Waals surface area (Å²) in [6.07, 6.45) is 4.52. The van der Waals surface area contributed by atoms with Crippen molar-refractivity contribution in [2.75, 3.05) is 0 Å². The molecule has 1 aliphatic carbocycles. The molecule has 1 amide bonds. The maximum Gasteiger partial charge on any atom is 0.227 e. The van der Waals surface area contributed by atoms with E-state index in [0.717, 1.165) is 36.4 Å². The molecule has 0 N–H and O–H groups in total. The van der Waals surface area contributed by atoms with Crippen LogP contribution in [0.25, 0.3) is 11.3 Å². The zero-order valence-electron chi connectivity index (χ0n) is 17.0. The van der Waals surface area contributed by atoms with Crippen molar-refractivity contribution in [1.82, 2.24) is 19.7 Å². The van der Waals surface area contributed by atoms with Crippen molar-refractivity contribution in [3.63, 3.8) is 0 Å². The smallest absolute Gasteiger partial charge is 0.227 e. The van der Waals surface area contributed by atoms with E-state index < -0.39 is 17.5 Å². The van der Waals surface area contributed by atoms with Gasteiger partial charge in [-0.05, 0) is 55.0 Å². The molecule has 5 rings (SSSR count). The monoisotopic (exact) mass is 426 g/mol. The summed E-state index contributed by atoms with van der Waals surface area (Å²) in [6, 6.07) is 5.55. The highest BCUT2D eigenvalue weighted by atomic mass is 19.2. The van der Waals surface area contributed by atoms with E-state index >= 15 is 0 Å². The molecule has 0 radical (unpaired) electrons. The number of nitrogens with zero attached hydrogens (tertiary/aromatic N) is 4. The van der Waals surface area contributed by atoms with Crippen molar-refractivity contribution >= 4 is 5.91 Å². The largest absolute Gasteiger partial charge is 0.332 e. The normalized spacial score (nSPS) is 18.2. The van der Waals surface area contributed by atoms with E-state index in [4.69, 9.17) is 0 Å². The minimum atomic E-state index is -0.901. The van der Waals surface area contributed by atoms with E-state index in [0.29, 0.717) is 29.9 Å². The molecule has 2 aliphatic rings. The Labute approximate surface area is 177 Å². The molecule has 2 aromatic heterocycles. The minimum absolute atomic E-state index is 0.000468. The van der Waals surface area contributed by atoms with Crippen LogP contribution in [0.5, 0.6) is 0 Å². The van der Waals surface area contributed by atoms with Gasteiger partial charge in [-0.15, -0.1) is 0 Å². The van der Waals surface area contributed by atoms with Crippen LogP contribution in [0.2, 0.25) is 0 Å². The molecule has 1 atom stereocenters. The lowest BCUT2D eigenvalue weighted by Gasteiger charge is -2.34. The van der Waals surface area contributed by atoms with Crippen molar-refractivity contribution in [2.45, 2.75) is 51.2 Å². The predicted molar refractivity (Wildman–Crippen MR) is 107 cm³/mol. The Morgan fingerprint density at radius 1 is 1.16 bits per heavy atom. The van der Waals surface area contributed by atoms with Gasteiger partial charge in [-0.25, -0.2) is 13.2 Å². The molecular weight excluding hydrogens is 405 g/mol. The van der Waals surface area contributed by atoms with Crippen molar-refractivity contribution in [3.8, 4) is 11.3 Å². The number of carbonyl (C=O) groups excluding carboxylic acids is 1. The number of amides is 1. The molecule has 5 nitrogen and oxygen atoms in total. The Morgan fingerprint density at radius 3 is 2.68 bits per heavy atom. The molecule has 3 aromatic rings. The Morgan fingerprint density at radius 2 is 1.97 bits per heavy atom. The Balaban J connectivity index is 1.39. The van der Waals surface area contributed by atoms with Crippen LogP contribution < -0.4 is 0 Å². The summed E-state index contributed by atoms with van der Waals surface area (Å²) in [5.41, 5.74) is 3.00. The first-order chi connectivity index (χ1) is 14.9. The SMILES string of the molecule is CC1Cn2ncc(-c3ccc(F)cn3)c2CN1C(=O)Cc1cc(F)c(F)c(C2CC2)c1. The molecule has 31 heavy (non-hydrogen) atoms. The van der Waals surface area contributed by atoms with Gasteiger partial charge in [0.15, 0.2) is 11.6 Å². The number of rotatable bonds is 4. The summed E-state index contributed by atoms with van der Waals surface area (Å²) in [5.74, 6) is -2.23. The number of carbonyl (C=O) groups is 1. The van der Waals surface area contributed by atoms with Crippen LogP contribution in [-0.4, -0.2) is 31.6 Å². The third-order valence-electron chi connectivity index (χ3n) is 6.05. The van der Waals surface area contributed by atoms with Gasteiger partial charge in [0, 0.05) is 11.6 Å². The molecule has 1 aromatic carbocycles. The molecule has 1 fully saturated rings. The lowest BCUT2D eigenvalue weighted by atomic mass is 10.0. The van der Waals surface area contributed by atoms with Crippen LogP contribution in [-0.2, 0) is 24.3 Å². The molecular formula is C23H21F3N4O. The topological polar surface area (TPSA) is 51.0 Å². The molecule has 0 spiro atoms. The lowest BCUT2D eigenvalue weighted by molar-refractivity contribution is -0.134. The Kier molecular flexibility index (Phi) is 4.79. The summed E-state index contributed by atoms with van der Waals surface area (Å²) in [7, 11) is 0. The van der Waals surface area contributed by atoms with Gasteiger partial charge in [0.25, 0.3) is 0 Å². The van der Waals surface area contributed by atoms with Crippen molar-refractivity contribution in [2.24, 2.45) is 0 Å². The maximum atomic E-state index is 14.1. The summed E-state index contributed by atoms with van der Waals surface area (Å²) < 4.78 is 43.2. The van der Waals surface area contributed by atoms with Gasteiger partial charge < -0.3 is 4.90 Å². The standard InChI is InChI=1S/C23H21F3N4O/c1-13-11-30-21(18(10-28-30)20-5-4-16(24)9-27-20)12-29(13)22(31)8-14-6-17(15-2-3-15)23(26)19(25)7-14/h4-7,9-10,13,15H,2-3,8,11-12H2,1H3. The van der Waals surface area contributed by atoms with E-state index in [9.17, 15) is 18.0 Å².